The van der Waals surface area contributed by atoms with Crippen LogP contribution in [0.5, 0.6) is 0 Å². The molecule has 0 aliphatic rings. The Balaban J connectivity index is 1.25. The lowest BCUT2D eigenvalue weighted by molar-refractivity contribution is 0.736. The third-order valence-corrected chi connectivity index (χ3v) is 9.13. The van der Waals surface area contributed by atoms with Gasteiger partial charge in [0.05, 0.1) is 29.7 Å². The molecule has 0 atom stereocenters. The average Bonchev–Trinajstić information content (AvgIpc) is 3.69. The number of aromatic nitrogens is 6. The van der Waals surface area contributed by atoms with Gasteiger partial charge in [-0.1, -0.05) is 100.0 Å². The van der Waals surface area contributed by atoms with Crippen molar-refractivity contribution in [2.75, 3.05) is 0 Å². The number of rotatable bonds is 6. The second-order valence-electron chi connectivity index (χ2n) is 9.34. The minimum absolute atomic E-state index is 0.0240. The van der Waals surface area contributed by atoms with Crippen molar-refractivity contribution in [1.29, 1.82) is 0 Å². The van der Waals surface area contributed by atoms with E-state index in [-0.39, 0.29) is 5.92 Å². The largest absolute Gasteiger partial charge is 0.217 e. The molecule has 0 fully saturated rings. The van der Waals surface area contributed by atoms with E-state index in [2.05, 4.69) is 31.2 Å². The smallest absolute Gasteiger partial charge is 0.212 e. The number of hydrogen-bond acceptors (Lipinski definition) is 6. The molecule has 0 bridgehead atoms. The number of halogens is 2. The highest BCUT2D eigenvalue weighted by Gasteiger charge is 2.25. The Morgan fingerprint density at radius 1 is 0.667 bits per heavy atom. The Hall–Kier alpha value is -3.56. The molecular formula is C29H20Cl2N6S2. The van der Waals surface area contributed by atoms with Gasteiger partial charge in [-0.25, -0.2) is 19.0 Å². The summed E-state index contributed by atoms with van der Waals surface area (Å²) in [4.78, 5) is 11.4. The average molecular weight is 588 g/mol. The predicted molar refractivity (Wildman–Crippen MR) is 159 cm³/mol. The van der Waals surface area contributed by atoms with E-state index in [1.807, 2.05) is 70.0 Å². The van der Waals surface area contributed by atoms with E-state index in [0.717, 1.165) is 48.9 Å². The molecule has 192 valence electrons. The van der Waals surface area contributed by atoms with Gasteiger partial charge in [0.2, 0.25) is 9.92 Å². The van der Waals surface area contributed by atoms with Gasteiger partial charge in [-0.2, -0.15) is 10.2 Å². The maximum absolute atomic E-state index is 6.06. The van der Waals surface area contributed by atoms with Crippen LogP contribution in [0.4, 0.5) is 0 Å². The Labute approximate surface area is 242 Å². The van der Waals surface area contributed by atoms with E-state index in [1.54, 1.807) is 22.7 Å². The molecule has 0 radical (unpaired) electrons. The van der Waals surface area contributed by atoms with E-state index in [1.165, 1.54) is 11.1 Å². The summed E-state index contributed by atoms with van der Waals surface area (Å²) >= 11 is 15.3. The number of nitrogens with zero attached hydrogens (tertiary/aromatic N) is 6. The van der Waals surface area contributed by atoms with Gasteiger partial charge in [-0.15, -0.1) is 0 Å². The summed E-state index contributed by atoms with van der Waals surface area (Å²) in [7, 11) is 0. The van der Waals surface area contributed by atoms with E-state index in [9.17, 15) is 0 Å². The zero-order chi connectivity index (χ0) is 26.5. The summed E-state index contributed by atoms with van der Waals surface area (Å²) < 4.78 is 3.73. The third-order valence-electron chi connectivity index (χ3n) is 6.55. The summed E-state index contributed by atoms with van der Waals surface area (Å²) in [6.45, 7) is 2.10. The van der Waals surface area contributed by atoms with Gasteiger partial charge in [-0.3, -0.25) is 0 Å². The first-order valence-corrected chi connectivity index (χ1v) is 14.7. The fourth-order valence-corrected chi connectivity index (χ4v) is 6.77. The fourth-order valence-electron chi connectivity index (χ4n) is 4.47. The van der Waals surface area contributed by atoms with Crippen LogP contribution in [-0.4, -0.2) is 29.2 Å². The van der Waals surface area contributed by atoms with Crippen LogP contribution in [0, 0.1) is 6.92 Å². The maximum atomic E-state index is 6.06. The molecule has 39 heavy (non-hydrogen) atoms. The number of fused-ring (bicyclic) bond motifs is 2. The van der Waals surface area contributed by atoms with Crippen molar-refractivity contribution in [3.8, 4) is 22.5 Å². The van der Waals surface area contributed by atoms with Crippen molar-refractivity contribution < 1.29 is 0 Å². The van der Waals surface area contributed by atoms with Gasteiger partial charge in [0, 0.05) is 21.2 Å². The van der Waals surface area contributed by atoms with Gasteiger partial charge >= 0.3 is 0 Å². The number of aryl methyl sites for hydroxylation is 1. The minimum Gasteiger partial charge on any atom is -0.217 e. The predicted octanol–water partition coefficient (Wildman–Crippen LogP) is 8.22. The molecule has 0 aliphatic carbocycles. The lowest BCUT2D eigenvalue weighted by Crippen LogP contribution is -2.06. The first-order valence-electron chi connectivity index (χ1n) is 12.3. The van der Waals surface area contributed by atoms with Gasteiger partial charge in [0.25, 0.3) is 0 Å². The zero-order valence-electron chi connectivity index (χ0n) is 20.6. The van der Waals surface area contributed by atoms with Gasteiger partial charge < -0.3 is 0 Å². The van der Waals surface area contributed by atoms with Crippen molar-refractivity contribution in [3.63, 3.8) is 0 Å². The van der Waals surface area contributed by atoms with Crippen molar-refractivity contribution in [1.82, 2.24) is 29.2 Å². The summed E-state index contributed by atoms with van der Waals surface area (Å²) in [6.07, 6.45) is 4.71. The van der Waals surface area contributed by atoms with Crippen LogP contribution < -0.4 is 0 Å². The molecule has 0 amide bonds. The lowest BCUT2D eigenvalue weighted by atomic mass is 10.00. The molecule has 7 rings (SSSR count). The normalized spacial score (nSPS) is 11.8. The second kappa shape index (κ2) is 9.88. The summed E-state index contributed by atoms with van der Waals surface area (Å²) in [5.74, 6) is -0.0240. The maximum Gasteiger partial charge on any atom is 0.212 e. The molecule has 0 saturated heterocycles. The van der Waals surface area contributed by atoms with Crippen LogP contribution in [0.25, 0.3) is 32.4 Å². The van der Waals surface area contributed by atoms with Gasteiger partial charge in [-0.05, 0) is 43.2 Å². The molecular weight excluding hydrogens is 567 g/mol. The van der Waals surface area contributed by atoms with Crippen molar-refractivity contribution in [3.05, 3.63) is 116 Å². The first kappa shape index (κ1) is 24.5. The monoisotopic (exact) mass is 586 g/mol. The Morgan fingerprint density at radius 3 is 1.56 bits per heavy atom. The lowest BCUT2D eigenvalue weighted by Gasteiger charge is -2.11. The molecule has 0 aliphatic heterocycles. The molecule has 4 aromatic heterocycles. The minimum atomic E-state index is -0.0240. The molecule has 4 heterocycles. The van der Waals surface area contributed by atoms with Crippen molar-refractivity contribution in [2.24, 2.45) is 0 Å². The van der Waals surface area contributed by atoms with Crippen molar-refractivity contribution in [2.45, 2.75) is 19.3 Å². The zero-order valence-corrected chi connectivity index (χ0v) is 23.8. The standard InChI is InChI=1S/C29H20Cl2N6S2/c1-17-2-4-18(5-3-17)14-23(26-34-36-15-24(32-28(36)38-26)19-6-10-21(30)11-7-19)27-35-37-16-25(33-29(37)39-27)20-8-12-22(31)13-9-20/h2-13,15-16,23H,14H2,1H3. The van der Waals surface area contributed by atoms with E-state index < -0.39 is 0 Å². The van der Waals surface area contributed by atoms with Gasteiger partial charge in [0.1, 0.15) is 10.0 Å². The Kier molecular flexibility index (Phi) is 6.20. The van der Waals surface area contributed by atoms with E-state index >= 15 is 0 Å². The van der Waals surface area contributed by atoms with Crippen LogP contribution >= 0.6 is 45.9 Å². The summed E-state index contributed by atoms with van der Waals surface area (Å²) in [5, 5.41) is 13.3. The molecule has 0 spiro atoms. The number of hydrogen-bond donors (Lipinski definition) is 0. The molecule has 10 heteroatoms. The molecule has 6 nitrogen and oxygen atoms in total. The molecule has 3 aromatic carbocycles. The molecule has 0 N–H and O–H groups in total. The SMILES string of the molecule is Cc1ccc(CC(c2nn3cc(-c4ccc(Cl)cc4)nc3s2)c2nn3cc(-c4ccc(Cl)cc4)nc3s2)cc1. The Bertz CT molecular complexity index is 1730. The highest BCUT2D eigenvalue weighted by atomic mass is 35.5. The first-order chi connectivity index (χ1) is 19.0. The molecule has 7 aromatic rings. The van der Waals surface area contributed by atoms with Crippen LogP contribution in [0.2, 0.25) is 10.0 Å². The van der Waals surface area contributed by atoms with Crippen LogP contribution in [0.1, 0.15) is 27.1 Å². The summed E-state index contributed by atoms with van der Waals surface area (Å²) in [5.41, 5.74) is 6.22. The second-order valence-corrected chi connectivity index (χ2v) is 12.2. The van der Waals surface area contributed by atoms with E-state index in [4.69, 9.17) is 43.4 Å². The fraction of sp³-hybridized carbons (Fsp3) is 0.103. The number of imidazole rings is 2. The quantitative estimate of drug-likeness (QED) is 0.197. The molecule has 0 saturated carbocycles. The highest BCUT2D eigenvalue weighted by molar-refractivity contribution is 7.18. The van der Waals surface area contributed by atoms with Crippen molar-refractivity contribution >= 4 is 55.8 Å². The number of benzene rings is 3. The van der Waals surface area contributed by atoms with Gasteiger partial charge in [0.15, 0.2) is 0 Å². The Morgan fingerprint density at radius 2 is 1.13 bits per heavy atom. The highest BCUT2D eigenvalue weighted by Crippen LogP contribution is 2.36. The van der Waals surface area contributed by atoms with Crippen LogP contribution in [0.3, 0.4) is 0 Å². The van der Waals surface area contributed by atoms with E-state index in [0.29, 0.717) is 10.0 Å². The topological polar surface area (TPSA) is 60.4 Å². The summed E-state index contributed by atoms with van der Waals surface area (Å²) in [6, 6.07) is 24.0. The molecule has 0 unspecified atom stereocenters. The van der Waals surface area contributed by atoms with Crippen LogP contribution in [-0.2, 0) is 6.42 Å². The third kappa shape index (κ3) is 4.85. The van der Waals surface area contributed by atoms with Crippen LogP contribution in [0.15, 0.2) is 85.2 Å².